The first-order valence-electron chi connectivity index (χ1n) is 10.7. The molecule has 143 valence electrons. The topological polar surface area (TPSA) is 40.5 Å². The number of likely N-dealkylation sites (tertiary alicyclic amines) is 1. The van der Waals surface area contributed by atoms with Crippen molar-refractivity contribution in [2.24, 2.45) is 0 Å². The summed E-state index contributed by atoms with van der Waals surface area (Å²) in [5.74, 6) is -0.627. The van der Waals surface area contributed by atoms with Crippen molar-refractivity contribution in [2.75, 3.05) is 13.1 Å². The van der Waals surface area contributed by atoms with Crippen molar-refractivity contribution in [2.45, 2.75) is 116 Å². The Morgan fingerprint density at radius 3 is 1.72 bits per heavy atom. The van der Waals surface area contributed by atoms with Gasteiger partial charge in [0.1, 0.15) is 6.04 Å². The average Bonchev–Trinajstić information content (AvgIpc) is 3.04. The van der Waals surface area contributed by atoms with E-state index in [-0.39, 0.29) is 35.6 Å². The van der Waals surface area contributed by atoms with Crippen LogP contribution >= 0.6 is 0 Å². The van der Waals surface area contributed by atoms with E-state index in [4.69, 9.17) is 5.11 Å². The molecule has 1 aliphatic rings. The summed E-state index contributed by atoms with van der Waals surface area (Å²) in [5, 5.41) is 9.16. The van der Waals surface area contributed by atoms with Gasteiger partial charge in [-0.15, -0.1) is 0 Å². The van der Waals surface area contributed by atoms with Crippen LogP contribution in [0.1, 0.15) is 110 Å². The first-order chi connectivity index (χ1) is 11.8. The normalized spacial score (nSPS) is 17.6. The molecule has 0 aliphatic carbocycles. The van der Waals surface area contributed by atoms with E-state index >= 15 is 0 Å². The van der Waals surface area contributed by atoms with Crippen molar-refractivity contribution in [3.63, 3.8) is 0 Å². The van der Waals surface area contributed by atoms with Gasteiger partial charge in [0, 0.05) is 29.6 Å². The smallest absolute Gasteiger partial charge is 0.320 e. The van der Waals surface area contributed by atoms with Crippen molar-refractivity contribution < 1.29 is 9.90 Å². The quantitative estimate of drug-likeness (QED) is 0.285. The molecule has 1 aliphatic heterocycles. The zero-order valence-corrected chi connectivity index (χ0v) is 19.1. The number of unbranched alkanes of at least 4 members (excludes halogenated alkanes) is 13. The van der Waals surface area contributed by atoms with Crippen LogP contribution in [0, 0.1) is 0 Å². The van der Waals surface area contributed by atoms with Crippen LogP contribution < -0.4 is 0 Å². The molecular weight excluding hydrogens is 321 g/mol. The molecule has 1 rings (SSSR count). The molecule has 3 nitrogen and oxygen atoms in total. The number of nitrogens with zero attached hydrogens (tertiary/aromatic N) is 1. The van der Waals surface area contributed by atoms with Gasteiger partial charge in [0.15, 0.2) is 0 Å². The summed E-state index contributed by atoms with van der Waals surface area (Å²) in [7, 11) is 0. The van der Waals surface area contributed by atoms with E-state index in [2.05, 4.69) is 11.8 Å². The Bertz CT molecular complexity index is 312. The van der Waals surface area contributed by atoms with E-state index in [1.54, 1.807) is 0 Å². The number of aliphatic carboxylic acids is 1. The molecule has 4 heteroatoms. The summed E-state index contributed by atoms with van der Waals surface area (Å²) in [6.07, 6.45) is 21.1. The van der Waals surface area contributed by atoms with E-state index in [1.165, 1.54) is 89.9 Å². The number of hydrogen-bond donors (Lipinski definition) is 1. The third-order valence-electron chi connectivity index (χ3n) is 5.45. The zero-order valence-electron chi connectivity index (χ0n) is 17.1. The molecule has 0 aromatic carbocycles. The fraction of sp³-hybridized carbons (Fsp3) is 0.952. The van der Waals surface area contributed by atoms with Gasteiger partial charge in [-0.2, -0.15) is 0 Å². The maximum Gasteiger partial charge on any atom is 0.320 e. The fourth-order valence-corrected chi connectivity index (χ4v) is 3.88. The summed E-state index contributed by atoms with van der Waals surface area (Å²) in [6.45, 7) is 4.24. The molecule has 0 aromatic rings. The Hall–Kier alpha value is 0.430. The molecule has 0 saturated carbocycles. The number of rotatable bonds is 16. The third kappa shape index (κ3) is 13.3. The van der Waals surface area contributed by atoms with E-state index < -0.39 is 5.97 Å². The van der Waals surface area contributed by atoms with E-state index in [0.29, 0.717) is 0 Å². The number of hydrogen-bond acceptors (Lipinski definition) is 2. The van der Waals surface area contributed by atoms with Gasteiger partial charge in [-0.25, -0.2) is 0 Å². The molecule has 1 radical (unpaired) electrons. The fourth-order valence-electron chi connectivity index (χ4n) is 3.88. The van der Waals surface area contributed by atoms with Gasteiger partial charge >= 0.3 is 5.97 Å². The Labute approximate surface area is 178 Å². The SMILES string of the molecule is CCCCCCCCCCCCCCCCN1CCC[C@H]1C(=O)O.[Na]. The second-order valence-corrected chi connectivity index (χ2v) is 7.63. The van der Waals surface area contributed by atoms with Crippen LogP contribution in [0.2, 0.25) is 0 Å². The van der Waals surface area contributed by atoms with Crippen molar-refractivity contribution in [3.05, 3.63) is 0 Å². The molecule has 1 atom stereocenters. The minimum absolute atomic E-state index is 0. The molecular formula is C21H41NNaO2. The van der Waals surface area contributed by atoms with Crippen LogP contribution in [0.25, 0.3) is 0 Å². The van der Waals surface area contributed by atoms with Gasteiger partial charge in [0.05, 0.1) is 0 Å². The van der Waals surface area contributed by atoms with Crippen molar-refractivity contribution in [1.82, 2.24) is 4.90 Å². The molecule has 0 bridgehead atoms. The third-order valence-corrected chi connectivity index (χ3v) is 5.45. The van der Waals surface area contributed by atoms with Crippen molar-refractivity contribution >= 4 is 35.5 Å². The number of carbonyl (C=O) groups is 1. The predicted octanol–water partition coefficient (Wildman–Crippen LogP) is 5.64. The molecule has 1 heterocycles. The first kappa shape index (κ1) is 25.4. The Morgan fingerprint density at radius 1 is 0.840 bits per heavy atom. The maximum absolute atomic E-state index is 11.1. The van der Waals surface area contributed by atoms with Gasteiger partial charge in [-0.05, 0) is 32.4 Å². The summed E-state index contributed by atoms with van der Waals surface area (Å²) in [6, 6.07) is -0.202. The van der Waals surface area contributed by atoms with Gasteiger partial charge in [-0.3, -0.25) is 9.69 Å². The van der Waals surface area contributed by atoms with Gasteiger partial charge < -0.3 is 5.11 Å². The Balaban J connectivity index is 0.00000576. The molecule has 1 saturated heterocycles. The van der Waals surface area contributed by atoms with Crippen LogP contribution in [-0.4, -0.2) is 64.7 Å². The molecule has 0 aromatic heterocycles. The minimum Gasteiger partial charge on any atom is -0.480 e. The summed E-state index contributed by atoms with van der Waals surface area (Å²) in [5.41, 5.74) is 0. The molecule has 25 heavy (non-hydrogen) atoms. The van der Waals surface area contributed by atoms with E-state index in [9.17, 15) is 4.79 Å². The minimum atomic E-state index is -0.627. The average molecular weight is 363 g/mol. The van der Waals surface area contributed by atoms with Crippen LogP contribution in [0.3, 0.4) is 0 Å². The largest absolute Gasteiger partial charge is 0.480 e. The van der Waals surface area contributed by atoms with E-state index in [1.807, 2.05) is 0 Å². The van der Waals surface area contributed by atoms with Gasteiger partial charge in [-0.1, -0.05) is 90.4 Å². The van der Waals surface area contributed by atoms with Crippen LogP contribution in [-0.2, 0) is 4.79 Å². The standard InChI is InChI=1S/C21H41NO2.Na/c1-2-3-4-5-6-7-8-9-10-11-12-13-14-15-18-22-19-16-17-20(22)21(23)24;/h20H,2-19H2,1H3,(H,23,24);/t20-;/m0./s1. The van der Waals surface area contributed by atoms with Crippen LogP contribution in [0.5, 0.6) is 0 Å². The second kappa shape index (κ2) is 17.8. The maximum atomic E-state index is 11.1. The van der Waals surface area contributed by atoms with E-state index in [0.717, 1.165) is 25.9 Å². The van der Waals surface area contributed by atoms with Gasteiger partial charge in [0.25, 0.3) is 0 Å². The van der Waals surface area contributed by atoms with Crippen molar-refractivity contribution in [1.29, 1.82) is 0 Å². The van der Waals surface area contributed by atoms with Crippen LogP contribution in [0.15, 0.2) is 0 Å². The Morgan fingerprint density at radius 2 is 1.28 bits per heavy atom. The molecule has 1 N–H and O–H groups in total. The van der Waals surface area contributed by atoms with Crippen molar-refractivity contribution in [3.8, 4) is 0 Å². The number of carboxylic acid groups (broad SMARTS) is 1. The van der Waals surface area contributed by atoms with Crippen LogP contribution in [0.4, 0.5) is 0 Å². The zero-order chi connectivity index (χ0) is 17.5. The molecule has 0 unspecified atom stereocenters. The Kier molecular flexibility index (Phi) is 18.1. The number of carboxylic acids is 1. The predicted molar refractivity (Wildman–Crippen MR) is 108 cm³/mol. The summed E-state index contributed by atoms with van der Waals surface area (Å²) >= 11 is 0. The first-order valence-corrected chi connectivity index (χ1v) is 10.7. The second-order valence-electron chi connectivity index (χ2n) is 7.63. The summed E-state index contributed by atoms with van der Waals surface area (Å²) < 4.78 is 0. The molecule has 1 fully saturated rings. The van der Waals surface area contributed by atoms with Gasteiger partial charge in [0.2, 0.25) is 0 Å². The summed E-state index contributed by atoms with van der Waals surface area (Å²) in [4.78, 5) is 13.3. The monoisotopic (exact) mass is 362 g/mol. The molecule has 0 spiro atoms. The molecule has 0 amide bonds.